The lowest BCUT2D eigenvalue weighted by atomic mass is 9.94. The maximum Gasteiger partial charge on any atom is 0.243 e. The Kier molecular flexibility index (Phi) is 5.29. The van der Waals surface area contributed by atoms with Crippen molar-refractivity contribution in [2.45, 2.75) is 32.6 Å². The predicted molar refractivity (Wildman–Crippen MR) is 78.4 cm³/mol. The summed E-state index contributed by atoms with van der Waals surface area (Å²) < 4.78 is 39.8. The van der Waals surface area contributed by atoms with E-state index in [1.54, 1.807) is 13.8 Å². The fourth-order valence-corrected chi connectivity index (χ4v) is 3.79. The van der Waals surface area contributed by atoms with Crippen molar-refractivity contribution < 1.29 is 12.8 Å². The molecule has 0 aliphatic carbocycles. The summed E-state index contributed by atoms with van der Waals surface area (Å²) in [4.78, 5) is 0.147. The Hall–Kier alpha value is -0.980. The van der Waals surface area contributed by atoms with Gasteiger partial charge in [-0.1, -0.05) is 20.8 Å². The minimum Gasteiger partial charge on any atom is -0.330 e. The third kappa shape index (κ3) is 3.77. The number of hydrogen-bond acceptors (Lipinski definition) is 3. The van der Waals surface area contributed by atoms with Gasteiger partial charge >= 0.3 is 0 Å². The van der Waals surface area contributed by atoms with Gasteiger partial charge in [0.05, 0.1) is 4.90 Å². The summed E-state index contributed by atoms with van der Waals surface area (Å²) in [7, 11) is -3.63. The second-order valence-corrected chi connectivity index (χ2v) is 7.62. The molecule has 0 aliphatic heterocycles. The first kappa shape index (κ1) is 17.1. The van der Waals surface area contributed by atoms with E-state index in [2.05, 4.69) is 0 Å². The molecular formula is C14H23FN2O2S. The van der Waals surface area contributed by atoms with E-state index in [-0.39, 0.29) is 10.3 Å². The molecule has 2 N–H and O–H groups in total. The molecular weight excluding hydrogens is 279 g/mol. The Bertz CT molecular complexity index is 571. The molecule has 0 aliphatic rings. The number of aryl methyl sites for hydroxylation is 1. The molecule has 1 aromatic carbocycles. The summed E-state index contributed by atoms with van der Waals surface area (Å²) in [5, 5.41) is 0. The highest BCUT2D eigenvalue weighted by molar-refractivity contribution is 7.89. The normalized spacial score (nSPS) is 12.9. The summed E-state index contributed by atoms with van der Waals surface area (Å²) in [6.07, 6.45) is 0. The van der Waals surface area contributed by atoms with Crippen LogP contribution < -0.4 is 5.73 Å². The number of sulfonamides is 1. The average molecular weight is 302 g/mol. The number of nitrogens with two attached hydrogens (primary N) is 1. The Labute approximate surface area is 120 Å². The molecule has 4 nitrogen and oxygen atoms in total. The number of halogens is 1. The van der Waals surface area contributed by atoms with Crippen molar-refractivity contribution in [1.29, 1.82) is 0 Å². The van der Waals surface area contributed by atoms with Gasteiger partial charge in [-0.3, -0.25) is 0 Å². The van der Waals surface area contributed by atoms with Crippen molar-refractivity contribution in [3.8, 4) is 0 Å². The molecule has 114 valence electrons. The van der Waals surface area contributed by atoms with Crippen LogP contribution >= 0.6 is 0 Å². The molecule has 0 heterocycles. The number of rotatable bonds is 6. The Balaban J connectivity index is 3.19. The summed E-state index contributed by atoms with van der Waals surface area (Å²) in [5.41, 5.74) is 5.77. The molecule has 0 saturated carbocycles. The van der Waals surface area contributed by atoms with Gasteiger partial charge in [-0.15, -0.1) is 0 Å². The van der Waals surface area contributed by atoms with Crippen molar-refractivity contribution >= 4 is 10.0 Å². The van der Waals surface area contributed by atoms with E-state index in [0.29, 0.717) is 25.2 Å². The van der Waals surface area contributed by atoms with Crippen molar-refractivity contribution in [2.75, 3.05) is 19.6 Å². The van der Waals surface area contributed by atoms with Crippen molar-refractivity contribution in [3.05, 3.63) is 29.6 Å². The Morgan fingerprint density at radius 3 is 2.40 bits per heavy atom. The first-order valence-electron chi connectivity index (χ1n) is 6.60. The van der Waals surface area contributed by atoms with Crippen LogP contribution in [0, 0.1) is 18.2 Å². The summed E-state index contributed by atoms with van der Waals surface area (Å²) in [6, 6.07) is 3.72. The molecule has 1 aromatic rings. The summed E-state index contributed by atoms with van der Waals surface area (Å²) in [5.74, 6) is -0.438. The maximum atomic E-state index is 13.1. The van der Waals surface area contributed by atoms with E-state index in [0.717, 1.165) is 0 Å². The zero-order valence-corrected chi connectivity index (χ0v) is 13.3. The monoisotopic (exact) mass is 302 g/mol. The smallest absolute Gasteiger partial charge is 0.243 e. The lowest BCUT2D eigenvalue weighted by Gasteiger charge is -2.30. The molecule has 0 radical (unpaired) electrons. The Morgan fingerprint density at radius 1 is 1.35 bits per heavy atom. The van der Waals surface area contributed by atoms with Gasteiger partial charge in [-0.2, -0.15) is 4.31 Å². The molecule has 0 atom stereocenters. The van der Waals surface area contributed by atoms with E-state index in [1.165, 1.54) is 22.5 Å². The SMILES string of the molecule is CCN(CC(C)(C)CN)S(=O)(=O)c1ccc(F)cc1C. The molecule has 0 amide bonds. The van der Waals surface area contributed by atoms with Crippen LogP contribution in [-0.2, 0) is 10.0 Å². The molecule has 0 bridgehead atoms. The zero-order chi connectivity index (χ0) is 15.6. The van der Waals surface area contributed by atoms with Gasteiger partial charge in [-0.25, -0.2) is 12.8 Å². The van der Waals surface area contributed by atoms with Crippen LogP contribution in [0.5, 0.6) is 0 Å². The second kappa shape index (κ2) is 6.20. The van der Waals surface area contributed by atoms with Crippen molar-refractivity contribution in [3.63, 3.8) is 0 Å². The fourth-order valence-electron chi connectivity index (χ4n) is 1.95. The minimum absolute atomic E-state index is 0.147. The topological polar surface area (TPSA) is 63.4 Å². The van der Waals surface area contributed by atoms with Gasteiger partial charge in [0.1, 0.15) is 5.82 Å². The third-order valence-electron chi connectivity index (χ3n) is 3.26. The largest absolute Gasteiger partial charge is 0.330 e. The second-order valence-electron chi connectivity index (χ2n) is 5.71. The van der Waals surface area contributed by atoms with Crippen LogP contribution in [0.3, 0.4) is 0 Å². The van der Waals surface area contributed by atoms with Gasteiger partial charge in [0, 0.05) is 13.1 Å². The molecule has 0 fully saturated rings. The highest BCUT2D eigenvalue weighted by Crippen LogP contribution is 2.24. The van der Waals surface area contributed by atoms with Gasteiger partial charge < -0.3 is 5.73 Å². The molecule has 0 spiro atoms. The van der Waals surface area contributed by atoms with Gasteiger partial charge in [0.15, 0.2) is 0 Å². The summed E-state index contributed by atoms with van der Waals surface area (Å²) in [6.45, 7) is 8.29. The lowest BCUT2D eigenvalue weighted by molar-refractivity contribution is 0.273. The third-order valence-corrected chi connectivity index (χ3v) is 5.35. The van der Waals surface area contributed by atoms with Crippen LogP contribution in [0.2, 0.25) is 0 Å². The maximum absolute atomic E-state index is 13.1. The first-order chi connectivity index (χ1) is 9.14. The van der Waals surface area contributed by atoms with Crippen LogP contribution in [0.4, 0.5) is 4.39 Å². The van der Waals surface area contributed by atoms with Crippen molar-refractivity contribution in [1.82, 2.24) is 4.31 Å². The average Bonchev–Trinajstić information content (AvgIpc) is 2.35. The highest BCUT2D eigenvalue weighted by atomic mass is 32.2. The number of nitrogens with zero attached hydrogens (tertiary/aromatic N) is 1. The van der Waals surface area contributed by atoms with Crippen LogP contribution in [0.1, 0.15) is 26.3 Å². The van der Waals surface area contributed by atoms with Crippen molar-refractivity contribution in [2.24, 2.45) is 11.1 Å². The lowest BCUT2D eigenvalue weighted by Crippen LogP contribution is -2.42. The van der Waals surface area contributed by atoms with Crippen LogP contribution in [-0.4, -0.2) is 32.4 Å². The molecule has 6 heteroatoms. The van der Waals surface area contributed by atoms with E-state index < -0.39 is 15.8 Å². The molecule has 1 rings (SSSR count). The minimum atomic E-state index is -3.63. The Morgan fingerprint density at radius 2 is 1.95 bits per heavy atom. The first-order valence-corrected chi connectivity index (χ1v) is 8.04. The molecule has 0 unspecified atom stereocenters. The number of hydrogen-bond donors (Lipinski definition) is 1. The van der Waals surface area contributed by atoms with Gasteiger partial charge in [0.25, 0.3) is 0 Å². The molecule has 0 aromatic heterocycles. The fraction of sp³-hybridized carbons (Fsp3) is 0.571. The van der Waals surface area contributed by atoms with Crippen LogP contribution in [0.15, 0.2) is 23.1 Å². The van der Waals surface area contributed by atoms with Gasteiger partial charge in [-0.05, 0) is 42.6 Å². The van der Waals surface area contributed by atoms with Gasteiger partial charge in [0.2, 0.25) is 10.0 Å². The molecule has 20 heavy (non-hydrogen) atoms. The highest BCUT2D eigenvalue weighted by Gasteiger charge is 2.30. The number of benzene rings is 1. The molecule has 0 saturated heterocycles. The van der Waals surface area contributed by atoms with E-state index in [4.69, 9.17) is 5.73 Å². The van der Waals surface area contributed by atoms with E-state index in [1.807, 2.05) is 13.8 Å². The zero-order valence-electron chi connectivity index (χ0n) is 12.5. The van der Waals surface area contributed by atoms with Crippen LogP contribution in [0.25, 0.3) is 0 Å². The predicted octanol–water partition coefficient (Wildman–Crippen LogP) is 2.13. The van der Waals surface area contributed by atoms with E-state index in [9.17, 15) is 12.8 Å². The van der Waals surface area contributed by atoms with E-state index >= 15 is 0 Å². The quantitative estimate of drug-likeness (QED) is 0.875. The standard InChI is InChI=1S/C14H23FN2O2S/c1-5-17(10-14(3,4)9-16)20(18,19)13-7-6-12(15)8-11(13)2/h6-8H,5,9-10,16H2,1-4H3. The summed E-state index contributed by atoms with van der Waals surface area (Å²) >= 11 is 0.